The maximum atomic E-state index is 12.3. The molecule has 1 amide bonds. The molecule has 0 saturated carbocycles. The maximum absolute atomic E-state index is 12.3. The Hall–Kier alpha value is -1.59. The second kappa shape index (κ2) is 9.78. The molecule has 0 radical (unpaired) electrons. The Morgan fingerprint density at radius 2 is 2.00 bits per heavy atom. The smallest absolute Gasteiger partial charge is 0.260 e. The van der Waals surface area contributed by atoms with Gasteiger partial charge >= 0.3 is 0 Å². The van der Waals surface area contributed by atoms with Crippen molar-refractivity contribution in [3.63, 3.8) is 0 Å². The van der Waals surface area contributed by atoms with E-state index in [0.29, 0.717) is 12.5 Å². The lowest BCUT2D eigenvalue weighted by atomic mass is 10.0. The van der Waals surface area contributed by atoms with E-state index in [1.54, 1.807) is 0 Å². The zero-order chi connectivity index (χ0) is 18.2. The van der Waals surface area contributed by atoms with Gasteiger partial charge in [-0.1, -0.05) is 26.0 Å². The first-order chi connectivity index (χ1) is 12.0. The fourth-order valence-electron chi connectivity index (χ4n) is 3.06. The molecule has 1 aromatic rings. The number of carbonyl (C=O) groups is 1. The first-order valence-corrected chi connectivity index (χ1v) is 9.45. The Kier molecular flexibility index (Phi) is 7.72. The second-order valence-corrected chi connectivity index (χ2v) is 7.19. The van der Waals surface area contributed by atoms with Crippen molar-refractivity contribution in [2.75, 3.05) is 39.3 Å². The van der Waals surface area contributed by atoms with Gasteiger partial charge in [-0.25, -0.2) is 0 Å². The predicted octanol–water partition coefficient (Wildman–Crippen LogP) is 2.30. The van der Waals surface area contributed by atoms with Crippen LogP contribution in [0.1, 0.15) is 44.2 Å². The Bertz CT molecular complexity index is 554. The number of piperazine rings is 1. The molecule has 0 spiro atoms. The predicted molar refractivity (Wildman–Crippen MR) is 102 cm³/mol. The van der Waals surface area contributed by atoms with E-state index in [2.05, 4.69) is 41.5 Å². The zero-order valence-electron chi connectivity index (χ0n) is 16.1. The minimum atomic E-state index is -0.488. The lowest BCUT2D eigenvalue weighted by molar-refractivity contribution is -0.127. The van der Waals surface area contributed by atoms with Crippen LogP contribution in [0.5, 0.6) is 5.75 Å². The van der Waals surface area contributed by atoms with Crippen LogP contribution in [-0.4, -0.2) is 56.2 Å². The van der Waals surface area contributed by atoms with Crippen molar-refractivity contribution in [2.24, 2.45) is 0 Å². The summed E-state index contributed by atoms with van der Waals surface area (Å²) in [7, 11) is 0. The quantitative estimate of drug-likeness (QED) is 0.709. The van der Waals surface area contributed by atoms with E-state index in [0.717, 1.165) is 56.0 Å². The van der Waals surface area contributed by atoms with Gasteiger partial charge in [-0.05, 0) is 49.9 Å². The third-order valence-corrected chi connectivity index (χ3v) is 4.62. The lowest BCUT2D eigenvalue weighted by Crippen LogP contribution is -2.44. The van der Waals surface area contributed by atoms with Crippen LogP contribution in [-0.2, 0) is 4.79 Å². The summed E-state index contributed by atoms with van der Waals surface area (Å²) in [6, 6.07) is 6.19. The molecule has 1 aliphatic heterocycles. The van der Waals surface area contributed by atoms with Crippen molar-refractivity contribution in [1.29, 1.82) is 0 Å². The first-order valence-electron chi connectivity index (χ1n) is 9.45. The summed E-state index contributed by atoms with van der Waals surface area (Å²) in [6.45, 7) is 14.2. The summed E-state index contributed by atoms with van der Waals surface area (Å²) in [5, 5.41) is 6.35. The van der Waals surface area contributed by atoms with Gasteiger partial charge in [0.05, 0.1) is 0 Å². The number of aryl methyl sites for hydroxylation is 1. The van der Waals surface area contributed by atoms with E-state index >= 15 is 0 Å². The zero-order valence-corrected chi connectivity index (χ0v) is 16.1. The number of amides is 1. The van der Waals surface area contributed by atoms with Gasteiger partial charge in [-0.2, -0.15) is 0 Å². The van der Waals surface area contributed by atoms with Crippen LogP contribution in [0.25, 0.3) is 0 Å². The number of nitrogens with one attached hydrogen (secondary N) is 2. The second-order valence-electron chi connectivity index (χ2n) is 7.19. The van der Waals surface area contributed by atoms with Crippen LogP contribution in [0.3, 0.4) is 0 Å². The van der Waals surface area contributed by atoms with E-state index in [1.807, 2.05) is 19.9 Å². The molecule has 1 aliphatic rings. The molecule has 1 atom stereocenters. The van der Waals surface area contributed by atoms with E-state index < -0.39 is 6.10 Å². The van der Waals surface area contributed by atoms with Gasteiger partial charge in [-0.15, -0.1) is 0 Å². The number of rotatable bonds is 8. The molecule has 5 nitrogen and oxygen atoms in total. The van der Waals surface area contributed by atoms with Gasteiger partial charge in [-0.3, -0.25) is 4.79 Å². The van der Waals surface area contributed by atoms with E-state index in [-0.39, 0.29) is 5.91 Å². The molecule has 2 N–H and O–H groups in total. The molecule has 1 saturated heterocycles. The number of ether oxygens (including phenoxy) is 1. The van der Waals surface area contributed by atoms with Gasteiger partial charge in [0.25, 0.3) is 5.91 Å². The number of nitrogens with zero attached hydrogens (tertiary/aromatic N) is 1. The molecule has 25 heavy (non-hydrogen) atoms. The van der Waals surface area contributed by atoms with Crippen molar-refractivity contribution in [1.82, 2.24) is 15.5 Å². The highest BCUT2D eigenvalue weighted by Crippen LogP contribution is 2.28. The molecule has 1 fully saturated rings. The highest BCUT2D eigenvalue weighted by atomic mass is 16.5. The molecular weight excluding hydrogens is 314 g/mol. The van der Waals surface area contributed by atoms with Gasteiger partial charge in [0.2, 0.25) is 0 Å². The molecule has 140 valence electrons. The molecule has 1 unspecified atom stereocenters. The molecular formula is C20H33N3O2. The van der Waals surface area contributed by atoms with Crippen LogP contribution in [0.4, 0.5) is 0 Å². The van der Waals surface area contributed by atoms with E-state index in [1.165, 1.54) is 0 Å². The van der Waals surface area contributed by atoms with Crippen molar-refractivity contribution < 1.29 is 9.53 Å². The average molecular weight is 348 g/mol. The SMILES string of the molecule is Cc1ccc(C(C)C)c(OC(C)C(=O)NCCCN2CCNCC2)c1. The number of hydrogen-bond donors (Lipinski definition) is 2. The highest BCUT2D eigenvalue weighted by Gasteiger charge is 2.17. The van der Waals surface area contributed by atoms with Crippen molar-refractivity contribution in [2.45, 2.75) is 46.1 Å². The largest absolute Gasteiger partial charge is 0.481 e. The van der Waals surface area contributed by atoms with Gasteiger partial charge < -0.3 is 20.3 Å². The Morgan fingerprint density at radius 3 is 2.68 bits per heavy atom. The minimum Gasteiger partial charge on any atom is -0.481 e. The summed E-state index contributed by atoms with van der Waals surface area (Å²) >= 11 is 0. The molecule has 1 heterocycles. The van der Waals surface area contributed by atoms with Crippen LogP contribution >= 0.6 is 0 Å². The molecule has 0 aromatic heterocycles. The van der Waals surface area contributed by atoms with Gasteiger partial charge in [0.1, 0.15) is 5.75 Å². The van der Waals surface area contributed by atoms with Crippen LogP contribution in [0.2, 0.25) is 0 Å². The molecule has 2 rings (SSSR count). The number of benzene rings is 1. The molecule has 5 heteroatoms. The summed E-state index contributed by atoms with van der Waals surface area (Å²) in [5.41, 5.74) is 2.28. The van der Waals surface area contributed by atoms with Crippen molar-refractivity contribution in [3.05, 3.63) is 29.3 Å². The monoisotopic (exact) mass is 347 g/mol. The van der Waals surface area contributed by atoms with Crippen molar-refractivity contribution in [3.8, 4) is 5.75 Å². The topological polar surface area (TPSA) is 53.6 Å². The van der Waals surface area contributed by atoms with Crippen molar-refractivity contribution >= 4 is 5.91 Å². The maximum Gasteiger partial charge on any atom is 0.260 e. The number of hydrogen-bond acceptors (Lipinski definition) is 4. The van der Waals surface area contributed by atoms with Crippen LogP contribution in [0, 0.1) is 6.92 Å². The number of carbonyl (C=O) groups excluding carboxylic acids is 1. The fourth-order valence-corrected chi connectivity index (χ4v) is 3.06. The summed E-state index contributed by atoms with van der Waals surface area (Å²) in [5.74, 6) is 1.14. The van der Waals surface area contributed by atoms with Gasteiger partial charge in [0.15, 0.2) is 6.10 Å². The fraction of sp³-hybridized carbons (Fsp3) is 0.650. The third kappa shape index (κ3) is 6.33. The Morgan fingerprint density at radius 1 is 1.28 bits per heavy atom. The molecule has 1 aromatic carbocycles. The highest BCUT2D eigenvalue weighted by molar-refractivity contribution is 5.80. The molecule has 0 aliphatic carbocycles. The van der Waals surface area contributed by atoms with E-state index in [4.69, 9.17) is 4.74 Å². The minimum absolute atomic E-state index is 0.0449. The van der Waals surface area contributed by atoms with E-state index in [9.17, 15) is 4.79 Å². The van der Waals surface area contributed by atoms with Crippen LogP contribution in [0.15, 0.2) is 18.2 Å². The third-order valence-electron chi connectivity index (χ3n) is 4.62. The normalized spacial score (nSPS) is 16.7. The first kappa shape index (κ1) is 19.7. The Labute approximate surface area is 152 Å². The molecule has 0 bridgehead atoms. The standard InChI is InChI=1S/C20H33N3O2/c1-15(2)18-7-6-16(3)14-19(18)25-17(4)20(24)22-8-5-11-23-12-9-21-10-13-23/h6-7,14-15,17,21H,5,8-13H2,1-4H3,(H,22,24). The summed E-state index contributed by atoms with van der Waals surface area (Å²) in [4.78, 5) is 14.7. The van der Waals surface area contributed by atoms with Crippen LogP contribution < -0.4 is 15.4 Å². The van der Waals surface area contributed by atoms with Gasteiger partial charge in [0, 0.05) is 32.7 Å². The lowest BCUT2D eigenvalue weighted by Gasteiger charge is -2.27. The Balaban J connectivity index is 1.77. The summed E-state index contributed by atoms with van der Waals surface area (Å²) < 4.78 is 5.97. The average Bonchev–Trinajstić information content (AvgIpc) is 2.59. The summed E-state index contributed by atoms with van der Waals surface area (Å²) in [6.07, 6.45) is 0.485.